The standard InChI is InChI=1S/C74H88N4O10/c1-4-8-61-53-28-46(25-45-23-24-76-71(30-45)78-56-20-17-47-13-16-52(72(85)66(47)36-56)33-59(81)41-75-39-43(2)54-32-57(77-40-54)37-68(61)83)27-49-18-21-63(64-38-69(84)70(88-3)35-51(64)19-22-67(82)74(87)73(86)65(49)34-53)62-12-6-5-11-60(62)50-15-14-48(55(31-50)42-79)26-44-9-7-10-58(80)29-44/h5-7,9-13,16-17,20,23,29-30,32,35-36,38,40,43,46,48-50,53,55,59,61,63,65,68,74-81,83-85,87H,4,8,14-15,19,22,24-28,31,33-34,37,39,41-42H2,1-3H3/t43-,46-,48-,49-,50+,53-,55-,59-,61+,63+,65-,68+,74-/m0/s1. The number of aromatic amines is 1. The average molecular weight is 1190 g/mol. The number of hydrogen-bond acceptors (Lipinski definition) is 13. The van der Waals surface area contributed by atoms with Gasteiger partial charge in [0.05, 0.1) is 25.2 Å². The topological polar surface area (TPSA) is 237 Å². The van der Waals surface area contributed by atoms with Crippen LogP contribution in [0.5, 0.6) is 23.0 Å². The number of ether oxygens (including phenoxy) is 1. The summed E-state index contributed by atoms with van der Waals surface area (Å²) in [5.74, 6) is 5.48. The molecule has 3 aliphatic carbocycles. The molecular formula is C74H88N4O10. The second-order valence-corrected chi connectivity index (χ2v) is 26.1. The number of allylic oxidation sites excluding steroid dienone is 2. The van der Waals surface area contributed by atoms with Gasteiger partial charge >= 0.3 is 0 Å². The van der Waals surface area contributed by atoms with Crippen molar-refractivity contribution in [1.29, 1.82) is 0 Å². The number of dihydropyridines is 1. The molecule has 6 aromatic rings. The Balaban J connectivity index is 1.00. The number of benzene rings is 5. The fraction of sp³-hybridized carbons (Fsp3) is 0.459. The second kappa shape index (κ2) is 28.0. The predicted molar refractivity (Wildman–Crippen MR) is 343 cm³/mol. The maximum Gasteiger partial charge on any atom is 0.173 e. The van der Waals surface area contributed by atoms with E-state index in [1.165, 1.54) is 7.11 Å². The Bertz CT molecular complexity index is 3600. The Labute approximate surface area is 517 Å². The number of aromatic hydroxyl groups is 3. The van der Waals surface area contributed by atoms with Gasteiger partial charge in [0.1, 0.15) is 17.3 Å². The van der Waals surface area contributed by atoms with Crippen molar-refractivity contribution in [2.45, 2.75) is 140 Å². The van der Waals surface area contributed by atoms with Crippen molar-refractivity contribution in [3.63, 3.8) is 0 Å². The molecule has 0 unspecified atom stereocenters. The van der Waals surface area contributed by atoms with Crippen molar-refractivity contribution < 1.29 is 50.1 Å². The lowest BCUT2D eigenvalue weighted by Crippen LogP contribution is -2.40. The number of anilines is 1. The molecule has 9 bridgehead atoms. The number of aliphatic hydroxyl groups excluding tert-OH is 4. The molecule has 13 atom stereocenters. The van der Waals surface area contributed by atoms with E-state index in [2.05, 4.69) is 77.0 Å². The molecule has 3 heterocycles. The number of fused-ring (bicyclic) bond motifs is 9. The Morgan fingerprint density at radius 2 is 1.60 bits per heavy atom. The van der Waals surface area contributed by atoms with E-state index < -0.39 is 47.6 Å². The minimum Gasteiger partial charge on any atom is -0.508 e. The van der Waals surface area contributed by atoms with Crippen LogP contribution in [-0.2, 0) is 35.3 Å². The number of aryl methyl sites for hydroxylation is 1. The van der Waals surface area contributed by atoms with Crippen molar-refractivity contribution in [3.05, 3.63) is 171 Å². The highest BCUT2D eigenvalue weighted by Crippen LogP contribution is 2.48. The molecule has 5 aliphatic rings. The fourth-order valence-electron chi connectivity index (χ4n) is 15.5. The van der Waals surface area contributed by atoms with Crippen LogP contribution in [0.2, 0.25) is 0 Å². The van der Waals surface area contributed by atoms with Crippen molar-refractivity contribution in [2.75, 3.05) is 38.7 Å². The number of phenols is 3. The molecule has 5 aromatic carbocycles. The molecule has 11 rings (SSSR count). The molecule has 88 heavy (non-hydrogen) atoms. The summed E-state index contributed by atoms with van der Waals surface area (Å²) in [6.45, 7) is 5.73. The smallest absolute Gasteiger partial charge is 0.173 e. The first-order valence-electron chi connectivity index (χ1n) is 32.2. The molecule has 2 aliphatic heterocycles. The zero-order valence-electron chi connectivity index (χ0n) is 51.1. The Hall–Kier alpha value is -7.38. The zero-order valence-corrected chi connectivity index (χ0v) is 51.1. The number of H-pyrrole nitrogens is 1. The van der Waals surface area contributed by atoms with E-state index in [0.29, 0.717) is 80.2 Å². The number of ketones is 2. The van der Waals surface area contributed by atoms with Crippen LogP contribution >= 0.6 is 0 Å². The number of β-amino-alcohol motifs (C(OH)–C–C–N with tert-alkyl or cyclic N) is 1. The number of hydrogen-bond donors (Lipinski definition) is 11. The van der Waals surface area contributed by atoms with Gasteiger partial charge in [0.15, 0.2) is 29.2 Å². The Kier molecular flexibility index (Phi) is 19.8. The first-order valence-corrected chi connectivity index (χ1v) is 32.2. The van der Waals surface area contributed by atoms with E-state index in [1.807, 2.05) is 60.8 Å². The molecule has 11 N–H and O–H groups in total. The summed E-state index contributed by atoms with van der Waals surface area (Å²) in [4.78, 5) is 33.3. The number of Topliss-reactive ketones (excluding diaryl/α,β-unsaturated/α-hetero) is 2. The first-order chi connectivity index (χ1) is 42.6. The molecular weight excluding hydrogens is 1100 g/mol. The number of phenolic OH excluding ortho intramolecular Hbond substituents is 3. The minimum atomic E-state index is -1.89. The number of rotatable bonds is 8. The average Bonchev–Trinajstić information content (AvgIpc) is 1.20. The SMILES string of the molecule is CCC[C@@H]1[C@H]2C[C@@H](CC3=CCNC(=C3)Nc3ccc4ccc(c(O)c4c3)C[C@H](O)CNC[C@H](C)c3c[nH]c(c3)C[C@H]1O)C[C@@H]1C#C[C@H](c3ccccc3[C@@H]3CC[C@@H](Cc4cccc(O)c4)[C@H](CO)C3)c3cc(O)c(OC)cc3CCC(=O)[C@H](O)C(=O)[C@H]1C2. The van der Waals surface area contributed by atoms with Crippen LogP contribution in [0.3, 0.4) is 0 Å². The summed E-state index contributed by atoms with van der Waals surface area (Å²) in [6.07, 6.45) is 10.2. The molecule has 464 valence electrons. The van der Waals surface area contributed by atoms with Crippen molar-refractivity contribution in [3.8, 4) is 34.8 Å². The zero-order chi connectivity index (χ0) is 61.6. The highest BCUT2D eigenvalue weighted by molar-refractivity contribution is 6.06. The predicted octanol–water partition coefficient (Wildman–Crippen LogP) is 10.8. The van der Waals surface area contributed by atoms with Crippen LogP contribution in [0.15, 0.2) is 127 Å². The van der Waals surface area contributed by atoms with Gasteiger partial charge in [-0.1, -0.05) is 92.8 Å². The summed E-state index contributed by atoms with van der Waals surface area (Å²) in [7, 11) is 1.48. The molecule has 0 radical (unpaired) electrons. The van der Waals surface area contributed by atoms with Crippen LogP contribution in [0.1, 0.15) is 140 Å². The van der Waals surface area contributed by atoms with Crippen LogP contribution in [0.25, 0.3) is 10.8 Å². The summed E-state index contributed by atoms with van der Waals surface area (Å²) in [5, 5.41) is 92.6. The highest BCUT2D eigenvalue weighted by atomic mass is 16.5. The van der Waals surface area contributed by atoms with Gasteiger partial charge in [-0.3, -0.25) is 9.59 Å². The molecule has 14 heteroatoms. The molecule has 2 fully saturated rings. The Morgan fingerprint density at radius 3 is 2.41 bits per heavy atom. The van der Waals surface area contributed by atoms with E-state index in [9.17, 15) is 40.5 Å². The molecule has 0 spiro atoms. The number of carbonyl (C=O) groups is 2. The number of methoxy groups -OCH3 is 1. The van der Waals surface area contributed by atoms with Gasteiger partial charge in [-0.25, -0.2) is 0 Å². The van der Waals surface area contributed by atoms with Gasteiger partial charge in [0, 0.05) is 80.3 Å². The monoisotopic (exact) mass is 1190 g/mol. The third kappa shape index (κ3) is 14.2. The number of aromatic nitrogens is 1. The lowest BCUT2D eigenvalue weighted by Gasteiger charge is -2.37. The largest absolute Gasteiger partial charge is 0.508 e. The third-order valence-corrected chi connectivity index (χ3v) is 20.2. The fourth-order valence-corrected chi connectivity index (χ4v) is 15.5. The van der Waals surface area contributed by atoms with Crippen LogP contribution in [0, 0.1) is 53.3 Å². The van der Waals surface area contributed by atoms with Crippen molar-refractivity contribution in [1.82, 2.24) is 15.6 Å². The van der Waals surface area contributed by atoms with Crippen molar-refractivity contribution in [2.24, 2.45) is 41.4 Å². The van der Waals surface area contributed by atoms with Gasteiger partial charge in [-0.15, -0.1) is 0 Å². The van der Waals surface area contributed by atoms with Crippen LogP contribution in [-0.4, -0.2) is 104 Å². The highest BCUT2D eigenvalue weighted by Gasteiger charge is 2.44. The van der Waals surface area contributed by atoms with E-state index in [4.69, 9.17) is 4.74 Å². The first kappa shape index (κ1) is 62.2. The second-order valence-electron chi connectivity index (χ2n) is 26.1. The van der Waals surface area contributed by atoms with E-state index in [0.717, 1.165) is 82.5 Å². The molecule has 0 saturated heterocycles. The van der Waals surface area contributed by atoms with E-state index in [1.54, 1.807) is 24.3 Å². The number of nitrogens with one attached hydrogen (secondary N) is 4. The molecule has 14 nitrogen and oxygen atoms in total. The molecule has 0 amide bonds. The summed E-state index contributed by atoms with van der Waals surface area (Å²) < 4.78 is 5.67. The van der Waals surface area contributed by atoms with Crippen molar-refractivity contribution >= 4 is 28.0 Å². The summed E-state index contributed by atoms with van der Waals surface area (Å²) in [5.41, 5.74) is 8.95. The Morgan fingerprint density at radius 1 is 0.773 bits per heavy atom. The quantitative estimate of drug-likeness (QED) is 0.0503. The van der Waals surface area contributed by atoms with Gasteiger partial charge < -0.3 is 61.4 Å². The molecule has 2 saturated carbocycles. The molecule has 1 aromatic heterocycles. The van der Waals surface area contributed by atoms with Gasteiger partial charge in [-0.05, 0) is 204 Å². The van der Waals surface area contributed by atoms with Gasteiger partial charge in [0.25, 0.3) is 0 Å². The van der Waals surface area contributed by atoms with E-state index >= 15 is 4.79 Å². The lowest BCUT2D eigenvalue weighted by atomic mass is 9.68. The normalized spacial score (nSPS) is 28.3. The van der Waals surface area contributed by atoms with E-state index in [-0.39, 0.29) is 90.3 Å². The van der Waals surface area contributed by atoms with Crippen LogP contribution in [0.4, 0.5) is 5.69 Å². The number of aliphatic hydroxyl groups is 4. The van der Waals surface area contributed by atoms with Crippen LogP contribution < -0.4 is 20.7 Å². The summed E-state index contributed by atoms with van der Waals surface area (Å²) in [6, 6.07) is 31.0. The maximum atomic E-state index is 15.4. The van der Waals surface area contributed by atoms with Gasteiger partial charge in [-0.2, -0.15) is 0 Å². The maximum absolute atomic E-state index is 15.4. The van der Waals surface area contributed by atoms with Gasteiger partial charge in [0.2, 0.25) is 0 Å². The minimum absolute atomic E-state index is 0.00247. The summed E-state index contributed by atoms with van der Waals surface area (Å²) >= 11 is 0. The number of carbonyl (C=O) groups excluding carboxylic acids is 2. The lowest BCUT2D eigenvalue weighted by molar-refractivity contribution is -0.142. The third-order valence-electron chi connectivity index (χ3n) is 20.2.